The summed E-state index contributed by atoms with van der Waals surface area (Å²) in [6, 6.07) is 13.0. The maximum absolute atomic E-state index is 4.75. The third-order valence-corrected chi connectivity index (χ3v) is 7.97. The first kappa shape index (κ1) is 18.8. The van der Waals surface area contributed by atoms with Crippen molar-refractivity contribution in [1.29, 1.82) is 0 Å². The number of nitrogens with zero attached hydrogens (tertiary/aromatic N) is 5. The van der Waals surface area contributed by atoms with E-state index in [1.54, 1.807) is 27.5 Å². The molecule has 0 aliphatic carbocycles. The Bertz CT molecular complexity index is 1630. The Hall–Kier alpha value is -2.94. The highest BCUT2D eigenvalue weighted by Crippen LogP contribution is 2.42. The molecule has 0 N–H and O–H groups in total. The van der Waals surface area contributed by atoms with Crippen LogP contribution in [0.1, 0.15) is 16.7 Å². The number of benzene rings is 2. The minimum absolute atomic E-state index is 0.905. The lowest BCUT2D eigenvalue weighted by Gasteiger charge is -2.07. The monoisotopic (exact) mass is 459 g/mol. The first-order chi connectivity index (χ1) is 15.1. The van der Waals surface area contributed by atoms with Gasteiger partial charge in [0.25, 0.3) is 0 Å². The molecule has 0 unspecified atom stereocenters. The molecule has 0 aliphatic rings. The van der Waals surface area contributed by atoms with Gasteiger partial charge in [-0.1, -0.05) is 6.08 Å². The zero-order valence-electron chi connectivity index (χ0n) is 17.1. The van der Waals surface area contributed by atoms with E-state index in [0.717, 1.165) is 44.0 Å². The summed E-state index contributed by atoms with van der Waals surface area (Å²) < 4.78 is 9.37. The molecule has 0 atom stereocenters. The summed E-state index contributed by atoms with van der Waals surface area (Å²) in [4.78, 5) is 6.54. The lowest BCUT2D eigenvalue weighted by atomic mass is 9.99. The summed E-state index contributed by atoms with van der Waals surface area (Å²) in [5.41, 5.74) is 5.91. The average Bonchev–Trinajstić information content (AvgIpc) is 3.53. The number of fused-ring (bicyclic) bond motifs is 5. The maximum Gasteiger partial charge on any atom is 0.122 e. The number of hydrogen-bond donors (Lipinski definition) is 0. The largest absolute Gasteiger partial charge is 0.187 e. The molecular formula is C23H17N5S3. The molecule has 6 rings (SSSR count). The molecule has 0 radical (unpaired) electrons. The molecular weight excluding hydrogens is 442 g/mol. The van der Waals surface area contributed by atoms with E-state index in [9.17, 15) is 0 Å². The van der Waals surface area contributed by atoms with Gasteiger partial charge in [0.1, 0.15) is 22.1 Å². The molecule has 5 nitrogen and oxygen atoms in total. The van der Waals surface area contributed by atoms with Gasteiger partial charge in [-0.25, -0.2) is 0 Å². The van der Waals surface area contributed by atoms with E-state index in [2.05, 4.69) is 59.8 Å². The standard InChI is InChI=1S/C23H17N5S3/c1-4-5-13-7-9-19(30-13)17-10-14-15(22-23(17)27-31-26-22)11-16(18-8-6-12(2)29-18)21-20(14)24-28(3)25-21/h4-11H,1-3H3/b5-4+. The zero-order valence-corrected chi connectivity index (χ0v) is 19.5. The molecule has 2 aromatic carbocycles. The van der Waals surface area contributed by atoms with Crippen molar-refractivity contribution in [3.05, 3.63) is 52.2 Å². The second-order valence-corrected chi connectivity index (χ2v) is 10.3. The number of allylic oxidation sites excluding steroid dienone is 1. The quantitative estimate of drug-likeness (QED) is 0.288. The van der Waals surface area contributed by atoms with Crippen molar-refractivity contribution in [1.82, 2.24) is 23.7 Å². The number of aromatic nitrogens is 5. The second-order valence-electron chi connectivity index (χ2n) is 7.40. The fourth-order valence-electron chi connectivity index (χ4n) is 3.99. The van der Waals surface area contributed by atoms with Gasteiger partial charge < -0.3 is 0 Å². The van der Waals surface area contributed by atoms with Crippen LogP contribution in [0, 0.1) is 6.92 Å². The Morgan fingerprint density at radius 3 is 2.26 bits per heavy atom. The van der Waals surface area contributed by atoms with E-state index in [0.29, 0.717) is 0 Å². The van der Waals surface area contributed by atoms with Gasteiger partial charge in [0.05, 0.1) is 11.7 Å². The topological polar surface area (TPSA) is 56.5 Å². The summed E-state index contributed by atoms with van der Waals surface area (Å²) in [5, 5.41) is 11.6. The fourth-order valence-corrected chi connectivity index (χ4v) is 6.44. The molecule has 0 fully saturated rings. The third kappa shape index (κ3) is 2.94. The van der Waals surface area contributed by atoms with Gasteiger partial charge in [-0.05, 0) is 56.3 Å². The number of rotatable bonds is 3. The maximum atomic E-state index is 4.75. The molecule has 0 bridgehead atoms. The van der Waals surface area contributed by atoms with Crippen LogP contribution in [0.15, 0.2) is 42.5 Å². The van der Waals surface area contributed by atoms with Crippen LogP contribution < -0.4 is 0 Å². The van der Waals surface area contributed by atoms with Crippen molar-refractivity contribution in [2.75, 3.05) is 0 Å². The smallest absolute Gasteiger partial charge is 0.122 e. The van der Waals surface area contributed by atoms with E-state index in [-0.39, 0.29) is 0 Å². The van der Waals surface area contributed by atoms with Crippen molar-refractivity contribution in [3.63, 3.8) is 0 Å². The first-order valence-electron chi connectivity index (χ1n) is 9.85. The summed E-state index contributed by atoms with van der Waals surface area (Å²) in [6.07, 6.45) is 4.19. The Morgan fingerprint density at radius 2 is 1.48 bits per heavy atom. The Labute approximate surface area is 190 Å². The van der Waals surface area contributed by atoms with Gasteiger partial charge >= 0.3 is 0 Å². The fraction of sp³-hybridized carbons (Fsp3) is 0.130. The van der Waals surface area contributed by atoms with Gasteiger partial charge in [-0.15, -0.1) is 22.7 Å². The number of aryl methyl sites for hydroxylation is 2. The first-order valence-corrected chi connectivity index (χ1v) is 12.2. The van der Waals surface area contributed by atoms with Crippen LogP contribution in [0.25, 0.3) is 59.8 Å². The van der Waals surface area contributed by atoms with Crippen molar-refractivity contribution < 1.29 is 0 Å². The van der Waals surface area contributed by atoms with E-state index < -0.39 is 0 Å². The van der Waals surface area contributed by atoms with E-state index in [1.165, 1.54) is 31.2 Å². The zero-order chi connectivity index (χ0) is 21.1. The molecule has 4 heterocycles. The molecule has 31 heavy (non-hydrogen) atoms. The molecule has 0 amide bonds. The van der Waals surface area contributed by atoms with Gasteiger partial charge in [-0.3, -0.25) is 0 Å². The van der Waals surface area contributed by atoms with Gasteiger partial charge in [0, 0.05) is 48.5 Å². The molecule has 0 spiro atoms. The molecule has 4 aromatic heterocycles. The highest BCUT2D eigenvalue weighted by atomic mass is 32.1. The van der Waals surface area contributed by atoms with Crippen LogP contribution in [-0.4, -0.2) is 23.7 Å². The Morgan fingerprint density at radius 1 is 0.806 bits per heavy atom. The van der Waals surface area contributed by atoms with Crippen LogP contribution in [0.2, 0.25) is 0 Å². The lowest BCUT2D eigenvalue weighted by Crippen LogP contribution is -1.90. The van der Waals surface area contributed by atoms with E-state index in [1.807, 2.05) is 14.0 Å². The minimum atomic E-state index is 0.905. The van der Waals surface area contributed by atoms with Crippen molar-refractivity contribution >= 4 is 73.3 Å². The second kappa shape index (κ2) is 7.05. The number of hydrogen-bond acceptors (Lipinski definition) is 7. The third-order valence-electron chi connectivity index (χ3n) is 5.32. The Balaban J connectivity index is 1.72. The van der Waals surface area contributed by atoms with Crippen molar-refractivity contribution in [2.45, 2.75) is 13.8 Å². The molecule has 152 valence electrons. The van der Waals surface area contributed by atoms with Crippen LogP contribution in [0.4, 0.5) is 0 Å². The molecule has 0 saturated heterocycles. The van der Waals surface area contributed by atoms with Crippen LogP contribution >= 0.6 is 34.4 Å². The van der Waals surface area contributed by atoms with Gasteiger partial charge in [0.2, 0.25) is 0 Å². The van der Waals surface area contributed by atoms with E-state index >= 15 is 0 Å². The Kier molecular flexibility index (Phi) is 4.27. The predicted molar refractivity (Wildman–Crippen MR) is 133 cm³/mol. The van der Waals surface area contributed by atoms with Crippen LogP contribution in [-0.2, 0) is 7.05 Å². The van der Waals surface area contributed by atoms with Crippen LogP contribution in [0.5, 0.6) is 0 Å². The molecule has 0 aliphatic heterocycles. The molecule has 0 saturated carbocycles. The summed E-state index contributed by atoms with van der Waals surface area (Å²) in [5.74, 6) is 0. The molecule has 8 heteroatoms. The van der Waals surface area contributed by atoms with Crippen LogP contribution in [0.3, 0.4) is 0 Å². The van der Waals surface area contributed by atoms with E-state index in [4.69, 9.17) is 14.6 Å². The van der Waals surface area contributed by atoms with Gasteiger partial charge in [-0.2, -0.15) is 23.7 Å². The molecule has 6 aromatic rings. The average molecular weight is 460 g/mol. The summed E-state index contributed by atoms with van der Waals surface area (Å²) in [6.45, 7) is 4.16. The number of thiophene rings is 2. The SMILES string of the molecule is C/C=C/c1ccc(-c2cc3c(cc(-c4ccc(C)s4)c4nn(C)nc43)c3nsnc23)s1. The van der Waals surface area contributed by atoms with Crippen molar-refractivity contribution in [2.24, 2.45) is 7.05 Å². The highest BCUT2D eigenvalue weighted by molar-refractivity contribution is 7.16. The highest BCUT2D eigenvalue weighted by Gasteiger charge is 2.20. The lowest BCUT2D eigenvalue weighted by molar-refractivity contribution is 0.666. The minimum Gasteiger partial charge on any atom is -0.187 e. The predicted octanol–water partition coefficient (Wildman–Crippen LogP) is 6.92. The summed E-state index contributed by atoms with van der Waals surface area (Å²) >= 11 is 4.80. The normalized spacial score (nSPS) is 12.2. The summed E-state index contributed by atoms with van der Waals surface area (Å²) in [7, 11) is 1.88. The van der Waals surface area contributed by atoms with Gasteiger partial charge in [0.15, 0.2) is 0 Å². The van der Waals surface area contributed by atoms with Crippen molar-refractivity contribution in [3.8, 4) is 20.9 Å².